The van der Waals surface area contributed by atoms with E-state index in [0.29, 0.717) is 6.54 Å². The van der Waals surface area contributed by atoms with Crippen molar-refractivity contribution >= 4 is 34.5 Å². The fraction of sp³-hybridized carbons (Fsp3) is 0.455. The highest BCUT2D eigenvalue weighted by Crippen LogP contribution is 2.20. The zero-order valence-corrected chi connectivity index (χ0v) is 11.3. The molecule has 0 fully saturated rings. The van der Waals surface area contributed by atoms with E-state index < -0.39 is 5.41 Å². The Morgan fingerprint density at radius 1 is 1.62 bits per heavy atom. The zero-order chi connectivity index (χ0) is 12.3. The van der Waals surface area contributed by atoms with E-state index in [1.54, 1.807) is 37.1 Å². The van der Waals surface area contributed by atoms with Crippen LogP contribution in [0.4, 0.5) is 0 Å². The summed E-state index contributed by atoms with van der Waals surface area (Å²) in [4.78, 5) is 15.1. The number of hydrogen-bond acceptors (Lipinski definition) is 3. The molecule has 0 saturated heterocycles. The van der Waals surface area contributed by atoms with Gasteiger partial charge in [-0.3, -0.25) is 4.79 Å². The average molecular weight is 256 g/mol. The van der Waals surface area contributed by atoms with Gasteiger partial charge in [-0.1, -0.05) is 18.3 Å². The molecule has 0 radical (unpaired) electrons. The molecular weight excluding hydrogens is 240 g/mol. The van der Waals surface area contributed by atoms with Crippen LogP contribution >= 0.6 is 23.6 Å². The number of carbonyl (C=O) groups excluding carboxylic acids is 1. The summed E-state index contributed by atoms with van der Waals surface area (Å²) in [6.45, 7) is 4.10. The number of amides is 1. The van der Waals surface area contributed by atoms with Crippen LogP contribution < -0.4 is 5.73 Å². The summed E-state index contributed by atoms with van der Waals surface area (Å²) in [6.07, 6.45) is 0. The average Bonchev–Trinajstić information content (AvgIpc) is 2.68. The summed E-state index contributed by atoms with van der Waals surface area (Å²) in [5.74, 6) is -0.0478. The molecule has 1 aromatic heterocycles. The van der Waals surface area contributed by atoms with Gasteiger partial charge in [-0.2, -0.15) is 0 Å². The van der Waals surface area contributed by atoms with Gasteiger partial charge in [0.15, 0.2) is 0 Å². The maximum Gasteiger partial charge on any atom is 0.235 e. The van der Waals surface area contributed by atoms with Crippen LogP contribution in [0.5, 0.6) is 0 Å². The number of carbonyl (C=O) groups is 1. The molecule has 0 saturated carbocycles. The molecule has 0 aliphatic rings. The fourth-order valence-electron chi connectivity index (χ4n) is 1.29. The number of nitrogens with two attached hydrogens (primary N) is 1. The van der Waals surface area contributed by atoms with Gasteiger partial charge in [0.1, 0.15) is 0 Å². The lowest BCUT2D eigenvalue weighted by molar-refractivity contribution is -0.136. The van der Waals surface area contributed by atoms with E-state index in [2.05, 4.69) is 0 Å². The Bertz CT molecular complexity index is 385. The molecular formula is C11H16N2OS2. The first-order valence-electron chi connectivity index (χ1n) is 4.93. The quantitative estimate of drug-likeness (QED) is 0.838. The topological polar surface area (TPSA) is 46.3 Å². The summed E-state index contributed by atoms with van der Waals surface area (Å²) in [5, 5.41) is 1.99. The normalized spacial score (nSPS) is 11.2. The number of thiophene rings is 1. The molecule has 1 rings (SSSR count). The number of hydrogen-bond donors (Lipinski definition) is 1. The number of rotatable bonds is 4. The summed E-state index contributed by atoms with van der Waals surface area (Å²) in [6, 6.07) is 3.97. The van der Waals surface area contributed by atoms with E-state index in [0.717, 1.165) is 4.88 Å². The molecule has 3 nitrogen and oxygen atoms in total. The highest BCUT2D eigenvalue weighted by atomic mass is 32.1. The molecule has 1 amide bonds. The lowest BCUT2D eigenvalue weighted by Crippen LogP contribution is -2.45. The molecule has 1 heterocycles. The first-order chi connectivity index (χ1) is 7.35. The molecule has 88 valence electrons. The predicted molar refractivity (Wildman–Crippen MR) is 71.4 cm³/mol. The van der Waals surface area contributed by atoms with Crippen molar-refractivity contribution in [2.24, 2.45) is 11.1 Å². The van der Waals surface area contributed by atoms with Crippen molar-refractivity contribution in [3.05, 3.63) is 22.4 Å². The van der Waals surface area contributed by atoms with Crippen molar-refractivity contribution in [1.29, 1.82) is 0 Å². The Morgan fingerprint density at radius 2 is 2.25 bits per heavy atom. The number of thiocarbonyl (C=S) groups is 1. The monoisotopic (exact) mass is 256 g/mol. The maximum absolute atomic E-state index is 12.1. The molecule has 16 heavy (non-hydrogen) atoms. The lowest BCUT2D eigenvalue weighted by atomic mass is 9.92. The van der Waals surface area contributed by atoms with Crippen LogP contribution in [0.3, 0.4) is 0 Å². The van der Waals surface area contributed by atoms with E-state index >= 15 is 0 Å². The second-order valence-electron chi connectivity index (χ2n) is 4.23. The van der Waals surface area contributed by atoms with Crippen molar-refractivity contribution in [3.8, 4) is 0 Å². The van der Waals surface area contributed by atoms with E-state index in [4.69, 9.17) is 18.0 Å². The summed E-state index contributed by atoms with van der Waals surface area (Å²) < 4.78 is 0. The highest BCUT2D eigenvalue weighted by molar-refractivity contribution is 7.80. The Labute approximate surface area is 105 Å². The van der Waals surface area contributed by atoms with E-state index in [9.17, 15) is 4.79 Å². The molecule has 0 unspecified atom stereocenters. The van der Waals surface area contributed by atoms with E-state index in [-0.39, 0.29) is 10.9 Å². The molecule has 2 N–H and O–H groups in total. The van der Waals surface area contributed by atoms with Gasteiger partial charge in [0.05, 0.1) is 16.9 Å². The van der Waals surface area contributed by atoms with Crippen molar-refractivity contribution in [2.75, 3.05) is 7.05 Å². The van der Waals surface area contributed by atoms with Crippen molar-refractivity contribution in [3.63, 3.8) is 0 Å². The summed E-state index contributed by atoms with van der Waals surface area (Å²) >= 11 is 6.54. The molecule has 0 aliphatic carbocycles. The van der Waals surface area contributed by atoms with Gasteiger partial charge in [-0.05, 0) is 25.3 Å². The second kappa shape index (κ2) is 4.93. The molecule has 0 bridgehead atoms. The summed E-state index contributed by atoms with van der Waals surface area (Å²) in [5.41, 5.74) is 4.79. The third kappa shape index (κ3) is 2.80. The van der Waals surface area contributed by atoms with Gasteiger partial charge in [0.25, 0.3) is 0 Å². The van der Waals surface area contributed by atoms with E-state index in [1.807, 2.05) is 17.5 Å². The Balaban J connectivity index is 2.71. The molecule has 5 heteroatoms. The molecule has 0 atom stereocenters. The van der Waals surface area contributed by atoms with Crippen LogP contribution in [0, 0.1) is 5.41 Å². The van der Waals surface area contributed by atoms with Crippen molar-refractivity contribution < 1.29 is 4.79 Å². The molecule has 0 aromatic carbocycles. The van der Waals surface area contributed by atoms with Crippen LogP contribution in [0.15, 0.2) is 17.5 Å². The van der Waals surface area contributed by atoms with Crippen LogP contribution in [-0.4, -0.2) is 22.8 Å². The maximum atomic E-state index is 12.1. The minimum atomic E-state index is -0.776. The van der Waals surface area contributed by atoms with Crippen LogP contribution in [0.1, 0.15) is 18.7 Å². The van der Waals surface area contributed by atoms with Crippen LogP contribution in [0.2, 0.25) is 0 Å². The third-order valence-electron chi connectivity index (χ3n) is 2.47. The highest BCUT2D eigenvalue weighted by Gasteiger charge is 2.33. The summed E-state index contributed by atoms with van der Waals surface area (Å²) in [7, 11) is 1.77. The van der Waals surface area contributed by atoms with Gasteiger partial charge >= 0.3 is 0 Å². The third-order valence-corrected chi connectivity index (χ3v) is 3.84. The lowest BCUT2D eigenvalue weighted by Gasteiger charge is -2.28. The second-order valence-corrected chi connectivity index (χ2v) is 5.70. The fourth-order valence-corrected chi connectivity index (χ4v) is 2.14. The van der Waals surface area contributed by atoms with E-state index in [1.165, 1.54) is 0 Å². The van der Waals surface area contributed by atoms with Gasteiger partial charge in [0, 0.05) is 11.9 Å². The standard InChI is InChI=1S/C11H16N2OS2/c1-11(2,9(12)15)10(14)13(3)7-8-5-4-6-16-8/h4-6H,7H2,1-3H3,(H2,12,15). The smallest absolute Gasteiger partial charge is 0.235 e. The molecule has 0 aliphatic heterocycles. The predicted octanol–water partition coefficient (Wildman–Crippen LogP) is 2.02. The molecule has 1 aromatic rings. The van der Waals surface area contributed by atoms with Gasteiger partial charge < -0.3 is 10.6 Å². The largest absolute Gasteiger partial charge is 0.392 e. The van der Waals surface area contributed by atoms with Crippen molar-refractivity contribution in [2.45, 2.75) is 20.4 Å². The van der Waals surface area contributed by atoms with Crippen molar-refractivity contribution in [1.82, 2.24) is 4.90 Å². The Kier molecular flexibility index (Phi) is 4.04. The first-order valence-corrected chi connectivity index (χ1v) is 6.22. The minimum Gasteiger partial charge on any atom is -0.392 e. The Morgan fingerprint density at radius 3 is 2.69 bits per heavy atom. The first kappa shape index (κ1) is 13.1. The van der Waals surface area contributed by atoms with Gasteiger partial charge in [0.2, 0.25) is 5.91 Å². The van der Waals surface area contributed by atoms with Crippen LogP contribution in [-0.2, 0) is 11.3 Å². The number of nitrogens with zero attached hydrogens (tertiary/aromatic N) is 1. The molecule has 0 spiro atoms. The minimum absolute atomic E-state index is 0.0478. The van der Waals surface area contributed by atoms with Gasteiger partial charge in [-0.15, -0.1) is 11.3 Å². The SMILES string of the molecule is CN(Cc1cccs1)C(=O)C(C)(C)C(N)=S. The van der Waals surface area contributed by atoms with Crippen LogP contribution in [0.25, 0.3) is 0 Å². The Hall–Kier alpha value is -0.940. The van der Waals surface area contributed by atoms with Gasteiger partial charge in [-0.25, -0.2) is 0 Å². The zero-order valence-electron chi connectivity index (χ0n) is 9.69.